The quantitative estimate of drug-likeness (QED) is 0.864. The minimum Gasteiger partial charge on any atom is -0.303 e. The van der Waals surface area contributed by atoms with Gasteiger partial charge in [0.1, 0.15) is 5.52 Å². The van der Waals surface area contributed by atoms with E-state index in [0.717, 1.165) is 41.0 Å². The van der Waals surface area contributed by atoms with Crippen molar-refractivity contribution in [1.82, 2.24) is 20.1 Å². The second-order valence-corrected chi connectivity index (χ2v) is 6.76. The van der Waals surface area contributed by atoms with E-state index in [0.29, 0.717) is 11.7 Å². The summed E-state index contributed by atoms with van der Waals surface area (Å²) in [6, 6.07) is 0. The number of ketones is 1. The summed E-state index contributed by atoms with van der Waals surface area (Å²) in [5.74, 6) is 1.63. The predicted molar refractivity (Wildman–Crippen MR) is 78.1 cm³/mol. The molecule has 5 heteroatoms. The van der Waals surface area contributed by atoms with Crippen LogP contribution in [-0.4, -0.2) is 45.5 Å². The maximum absolute atomic E-state index is 13.0. The summed E-state index contributed by atoms with van der Waals surface area (Å²) >= 11 is 0. The Bertz CT molecular complexity index is 729. The van der Waals surface area contributed by atoms with Crippen LogP contribution < -0.4 is 0 Å². The van der Waals surface area contributed by atoms with Crippen LogP contribution in [0.25, 0.3) is 10.9 Å². The number of nitrogens with zero attached hydrogens (tertiary/aromatic N) is 3. The molecule has 0 spiro atoms. The molecular weight excluding hydrogens is 264 g/mol. The lowest BCUT2D eigenvalue weighted by Crippen LogP contribution is -2.51. The molecular formula is C16H18N4O. The lowest BCUT2D eigenvalue weighted by molar-refractivity contribution is 0.0193. The SMILES string of the molecule is O=C1c2cncc3n[nH]c(c23)C[C@@H]1C1CN2CCC1CC2. The van der Waals surface area contributed by atoms with Gasteiger partial charge >= 0.3 is 0 Å². The molecule has 5 heterocycles. The molecule has 108 valence electrons. The third kappa shape index (κ3) is 1.58. The zero-order chi connectivity index (χ0) is 14.0. The number of carbonyl (C=O) groups excluding carboxylic acids is 1. The van der Waals surface area contributed by atoms with Crippen molar-refractivity contribution in [3.63, 3.8) is 0 Å². The Morgan fingerprint density at radius 1 is 1.24 bits per heavy atom. The van der Waals surface area contributed by atoms with Gasteiger partial charge in [-0.1, -0.05) is 0 Å². The van der Waals surface area contributed by atoms with E-state index in [1.807, 2.05) is 0 Å². The van der Waals surface area contributed by atoms with Crippen molar-refractivity contribution in [3.8, 4) is 0 Å². The van der Waals surface area contributed by atoms with Crippen molar-refractivity contribution >= 4 is 16.7 Å². The second kappa shape index (κ2) is 4.13. The van der Waals surface area contributed by atoms with Crippen molar-refractivity contribution in [2.24, 2.45) is 17.8 Å². The summed E-state index contributed by atoms with van der Waals surface area (Å²) in [6.07, 6.45) is 6.80. The molecule has 1 aliphatic carbocycles. The van der Waals surface area contributed by atoms with Crippen LogP contribution in [-0.2, 0) is 6.42 Å². The van der Waals surface area contributed by atoms with Gasteiger partial charge in [-0.25, -0.2) is 0 Å². The first-order valence-corrected chi connectivity index (χ1v) is 7.89. The monoisotopic (exact) mass is 282 g/mol. The van der Waals surface area contributed by atoms with Crippen LogP contribution in [0.2, 0.25) is 0 Å². The van der Waals surface area contributed by atoms with Crippen molar-refractivity contribution < 1.29 is 4.79 Å². The van der Waals surface area contributed by atoms with Crippen molar-refractivity contribution in [2.45, 2.75) is 19.3 Å². The van der Waals surface area contributed by atoms with Crippen LogP contribution in [0, 0.1) is 17.8 Å². The summed E-state index contributed by atoms with van der Waals surface area (Å²) < 4.78 is 0. The number of hydrogen-bond acceptors (Lipinski definition) is 4. The number of H-pyrrole nitrogens is 1. The van der Waals surface area contributed by atoms with Crippen LogP contribution in [0.15, 0.2) is 12.4 Å². The molecule has 2 atom stereocenters. The fourth-order valence-electron chi connectivity index (χ4n) is 4.69. The molecule has 5 nitrogen and oxygen atoms in total. The molecule has 4 aliphatic rings. The Balaban J connectivity index is 1.57. The fourth-order valence-corrected chi connectivity index (χ4v) is 4.69. The molecule has 6 rings (SSSR count). The van der Waals surface area contributed by atoms with E-state index in [9.17, 15) is 4.79 Å². The molecule has 1 N–H and O–H groups in total. The zero-order valence-corrected chi connectivity index (χ0v) is 11.9. The number of carbonyl (C=O) groups is 1. The van der Waals surface area contributed by atoms with Gasteiger partial charge in [0.05, 0.1) is 6.20 Å². The Kier molecular flexibility index (Phi) is 2.33. The number of aromatic amines is 1. The van der Waals surface area contributed by atoms with Crippen molar-refractivity contribution in [1.29, 1.82) is 0 Å². The van der Waals surface area contributed by atoms with Gasteiger partial charge in [-0.2, -0.15) is 5.10 Å². The number of piperidine rings is 3. The summed E-state index contributed by atoms with van der Waals surface area (Å²) in [7, 11) is 0. The number of pyridine rings is 1. The van der Waals surface area contributed by atoms with Gasteiger partial charge in [-0.05, 0) is 37.8 Å². The molecule has 2 aromatic heterocycles. The van der Waals surface area contributed by atoms with Gasteiger partial charge < -0.3 is 4.90 Å². The first-order chi connectivity index (χ1) is 10.3. The minimum atomic E-state index is 0.110. The maximum atomic E-state index is 13.0. The molecule has 21 heavy (non-hydrogen) atoms. The molecule has 0 aromatic carbocycles. The molecule has 0 saturated carbocycles. The van der Waals surface area contributed by atoms with E-state index in [1.54, 1.807) is 12.4 Å². The number of hydrogen-bond donors (Lipinski definition) is 1. The summed E-state index contributed by atoms with van der Waals surface area (Å²) in [5, 5.41) is 8.44. The highest BCUT2D eigenvalue weighted by Gasteiger charge is 2.43. The van der Waals surface area contributed by atoms with Crippen LogP contribution in [0.1, 0.15) is 28.9 Å². The van der Waals surface area contributed by atoms with E-state index in [2.05, 4.69) is 20.1 Å². The van der Waals surface area contributed by atoms with Gasteiger partial charge in [-0.15, -0.1) is 0 Å². The fraction of sp³-hybridized carbons (Fsp3) is 0.562. The molecule has 2 bridgehead atoms. The standard InChI is InChI=1S/C16H18N4O/c21-16-10(12-8-20-3-1-9(12)2-4-20)5-13-15-11(16)6-17-7-14(15)19-18-13/h6-7,9-10,12H,1-5,8H2,(H,18,19)/t10-,12?/m1/s1. The Morgan fingerprint density at radius 3 is 2.86 bits per heavy atom. The molecule has 0 radical (unpaired) electrons. The molecule has 3 fully saturated rings. The van der Waals surface area contributed by atoms with Crippen molar-refractivity contribution in [3.05, 3.63) is 23.7 Å². The summed E-state index contributed by atoms with van der Waals surface area (Å²) in [5.41, 5.74) is 2.73. The maximum Gasteiger partial charge on any atom is 0.168 e. The number of nitrogens with one attached hydrogen (secondary N) is 1. The van der Waals surface area contributed by atoms with E-state index in [-0.39, 0.29) is 5.92 Å². The molecule has 3 aliphatic heterocycles. The van der Waals surface area contributed by atoms with Gasteiger partial charge in [0.2, 0.25) is 0 Å². The van der Waals surface area contributed by atoms with Gasteiger partial charge in [0.25, 0.3) is 0 Å². The van der Waals surface area contributed by atoms with E-state index in [4.69, 9.17) is 0 Å². The molecule has 2 aromatic rings. The topological polar surface area (TPSA) is 61.9 Å². The molecule has 3 saturated heterocycles. The number of aromatic nitrogens is 3. The lowest BCUT2D eigenvalue weighted by atomic mass is 9.67. The lowest BCUT2D eigenvalue weighted by Gasteiger charge is -2.47. The largest absolute Gasteiger partial charge is 0.303 e. The first-order valence-electron chi connectivity index (χ1n) is 7.89. The van der Waals surface area contributed by atoms with E-state index < -0.39 is 0 Å². The third-order valence-electron chi connectivity index (χ3n) is 5.79. The van der Waals surface area contributed by atoms with E-state index >= 15 is 0 Å². The van der Waals surface area contributed by atoms with Gasteiger partial charge in [0.15, 0.2) is 5.78 Å². The van der Waals surface area contributed by atoms with Crippen LogP contribution in [0.3, 0.4) is 0 Å². The highest BCUT2D eigenvalue weighted by atomic mass is 16.1. The molecule has 0 amide bonds. The predicted octanol–water partition coefficient (Wildman–Crippen LogP) is 1.65. The number of Topliss-reactive ketones (excluding diaryl/α,β-unsaturated/α-hetero) is 1. The summed E-state index contributed by atoms with van der Waals surface area (Å²) in [6.45, 7) is 3.52. The Hall–Kier alpha value is -1.75. The van der Waals surface area contributed by atoms with Gasteiger partial charge in [-0.3, -0.25) is 14.9 Å². The van der Waals surface area contributed by atoms with Gasteiger partial charge in [0, 0.05) is 41.7 Å². The smallest absolute Gasteiger partial charge is 0.168 e. The summed E-state index contributed by atoms with van der Waals surface area (Å²) in [4.78, 5) is 19.7. The van der Waals surface area contributed by atoms with Crippen molar-refractivity contribution in [2.75, 3.05) is 19.6 Å². The van der Waals surface area contributed by atoms with E-state index in [1.165, 1.54) is 25.9 Å². The highest BCUT2D eigenvalue weighted by molar-refractivity contribution is 6.11. The highest BCUT2D eigenvalue weighted by Crippen LogP contribution is 2.42. The third-order valence-corrected chi connectivity index (χ3v) is 5.79. The normalized spacial score (nSPS) is 34.6. The Morgan fingerprint density at radius 2 is 2.10 bits per heavy atom. The van der Waals surface area contributed by atoms with Crippen LogP contribution in [0.4, 0.5) is 0 Å². The molecule has 1 unspecified atom stereocenters. The minimum absolute atomic E-state index is 0.110. The first kappa shape index (κ1) is 11.9. The number of fused-ring (bicyclic) bond motifs is 3. The Labute approximate surface area is 122 Å². The average molecular weight is 282 g/mol. The number of rotatable bonds is 1. The zero-order valence-electron chi connectivity index (χ0n) is 11.9. The van der Waals surface area contributed by atoms with Crippen LogP contribution >= 0.6 is 0 Å². The average Bonchev–Trinajstić information content (AvgIpc) is 2.96. The second-order valence-electron chi connectivity index (χ2n) is 6.76. The van der Waals surface area contributed by atoms with Crippen LogP contribution in [0.5, 0.6) is 0 Å².